The molecule has 0 aliphatic carbocycles. The van der Waals surface area contributed by atoms with Crippen LogP contribution in [0.3, 0.4) is 0 Å². The Morgan fingerprint density at radius 1 is 1.10 bits per heavy atom. The number of amides is 1. The molecule has 29 heavy (non-hydrogen) atoms. The quantitative estimate of drug-likeness (QED) is 0.462. The highest BCUT2D eigenvalue weighted by Crippen LogP contribution is 2.13. The molecule has 0 aliphatic heterocycles. The molecule has 0 aromatic heterocycles. The minimum atomic E-state index is -0.745. The highest BCUT2D eigenvalue weighted by atomic mass is 16.5. The summed E-state index contributed by atoms with van der Waals surface area (Å²) < 4.78 is 5.24. The number of hydrogen-bond acceptors (Lipinski definition) is 5. The van der Waals surface area contributed by atoms with Gasteiger partial charge in [0.05, 0.1) is 19.3 Å². The van der Waals surface area contributed by atoms with E-state index in [1.807, 2.05) is 61.5 Å². The number of carbonyl (C=O) groups is 1. The maximum atomic E-state index is 12.5. The van der Waals surface area contributed by atoms with Crippen LogP contribution in [-0.2, 0) is 17.8 Å². The Morgan fingerprint density at radius 3 is 2.45 bits per heavy atom. The van der Waals surface area contributed by atoms with Crippen molar-refractivity contribution in [1.82, 2.24) is 10.6 Å². The Kier molecular flexibility index (Phi) is 9.12. The van der Waals surface area contributed by atoms with Gasteiger partial charge >= 0.3 is 0 Å². The number of nitrogens with one attached hydrogen (secondary N) is 2. The second-order valence-corrected chi connectivity index (χ2v) is 7.50. The molecular weight excluding hydrogens is 366 g/mol. The van der Waals surface area contributed by atoms with E-state index in [-0.39, 0.29) is 17.9 Å². The Bertz CT molecular complexity index is 752. The molecule has 0 bridgehead atoms. The van der Waals surface area contributed by atoms with Crippen molar-refractivity contribution in [3.8, 4) is 5.75 Å². The van der Waals surface area contributed by atoms with Crippen LogP contribution in [0, 0.1) is 5.92 Å². The fraction of sp³-hybridized carbons (Fsp3) is 0.435. The van der Waals surface area contributed by atoms with Gasteiger partial charge in [-0.15, -0.1) is 0 Å². The molecule has 2 aromatic rings. The zero-order valence-corrected chi connectivity index (χ0v) is 17.5. The summed E-state index contributed by atoms with van der Waals surface area (Å²) in [6, 6.07) is 16.9. The first-order valence-corrected chi connectivity index (χ1v) is 10.0. The standard InChI is InChI=1S/C23H33N3O3/c1-16(17(2)24)23(28)26-21(13-18-8-5-4-6-9-18)22(27)15-25-14-19-10-7-11-20(12-19)29-3/h4-12,16-17,21-22,25,27H,13-15,24H2,1-3H3,(H,26,28)/t16?,17?,21-,22-/m0/s1. The first-order valence-electron chi connectivity index (χ1n) is 10.0. The number of benzene rings is 2. The monoisotopic (exact) mass is 399 g/mol. The Labute approximate surface area is 173 Å². The predicted molar refractivity (Wildman–Crippen MR) is 116 cm³/mol. The Hall–Kier alpha value is -2.41. The SMILES string of the molecule is COc1cccc(CNC[C@H](O)[C@H](Cc2ccccc2)NC(=O)C(C)C(C)N)c1. The summed E-state index contributed by atoms with van der Waals surface area (Å²) in [4.78, 5) is 12.5. The van der Waals surface area contributed by atoms with Gasteiger partial charge in [-0.1, -0.05) is 49.4 Å². The summed E-state index contributed by atoms with van der Waals surface area (Å²) in [6.45, 7) is 4.55. The highest BCUT2D eigenvalue weighted by molar-refractivity contribution is 5.79. The van der Waals surface area contributed by atoms with Crippen LogP contribution in [0.15, 0.2) is 54.6 Å². The summed E-state index contributed by atoms with van der Waals surface area (Å²) in [5.74, 6) is 0.321. The molecule has 2 rings (SSSR count). The fourth-order valence-corrected chi connectivity index (χ4v) is 2.99. The van der Waals surface area contributed by atoms with Gasteiger partial charge in [0.15, 0.2) is 0 Å². The summed E-state index contributed by atoms with van der Waals surface area (Å²) in [7, 11) is 1.64. The van der Waals surface area contributed by atoms with Crippen molar-refractivity contribution < 1.29 is 14.6 Å². The van der Waals surface area contributed by atoms with E-state index < -0.39 is 12.1 Å². The van der Waals surface area contributed by atoms with Gasteiger partial charge in [0.2, 0.25) is 5.91 Å². The number of hydrogen-bond donors (Lipinski definition) is 4. The molecule has 0 aliphatic rings. The van der Waals surface area contributed by atoms with E-state index in [9.17, 15) is 9.90 Å². The van der Waals surface area contributed by atoms with Crippen LogP contribution in [0.5, 0.6) is 5.75 Å². The van der Waals surface area contributed by atoms with Gasteiger partial charge in [0, 0.05) is 25.0 Å². The largest absolute Gasteiger partial charge is 0.497 e. The van der Waals surface area contributed by atoms with Gasteiger partial charge in [-0.2, -0.15) is 0 Å². The van der Waals surface area contributed by atoms with Crippen LogP contribution in [0.1, 0.15) is 25.0 Å². The predicted octanol–water partition coefficient (Wildman–Crippen LogP) is 1.86. The summed E-state index contributed by atoms with van der Waals surface area (Å²) in [5.41, 5.74) is 7.98. The van der Waals surface area contributed by atoms with Gasteiger partial charge in [-0.3, -0.25) is 4.79 Å². The van der Waals surface area contributed by atoms with E-state index in [1.54, 1.807) is 14.0 Å². The number of methoxy groups -OCH3 is 1. The average Bonchev–Trinajstić information content (AvgIpc) is 2.73. The molecule has 5 N–H and O–H groups in total. The molecule has 2 unspecified atom stereocenters. The Morgan fingerprint density at radius 2 is 1.79 bits per heavy atom. The van der Waals surface area contributed by atoms with Crippen molar-refractivity contribution in [3.05, 3.63) is 65.7 Å². The molecule has 0 radical (unpaired) electrons. The van der Waals surface area contributed by atoms with Crippen molar-refractivity contribution in [2.45, 2.75) is 45.0 Å². The van der Waals surface area contributed by atoms with Crippen LogP contribution in [0.25, 0.3) is 0 Å². The molecule has 0 saturated heterocycles. The number of aliphatic hydroxyl groups excluding tert-OH is 1. The number of aliphatic hydroxyl groups is 1. The van der Waals surface area contributed by atoms with E-state index in [2.05, 4.69) is 10.6 Å². The third-order valence-electron chi connectivity index (χ3n) is 5.11. The average molecular weight is 400 g/mol. The lowest BCUT2D eigenvalue weighted by Crippen LogP contribution is -2.51. The fourth-order valence-electron chi connectivity index (χ4n) is 2.99. The second-order valence-electron chi connectivity index (χ2n) is 7.50. The number of rotatable bonds is 11. The zero-order valence-electron chi connectivity index (χ0n) is 17.5. The van der Waals surface area contributed by atoms with Crippen LogP contribution < -0.4 is 21.1 Å². The molecule has 4 atom stereocenters. The number of carbonyl (C=O) groups excluding carboxylic acids is 1. The van der Waals surface area contributed by atoms with Crippen LogP contribution in [0.4, 0.5) is 0 Å². The van der Waals surface area contributed by atoms with Crippen molar-refractivity contribution in [2.75, 3.05) is 13.7 Å². The molecule has 0 heterocycles. The van der Waals surface area contributed by atoms with Gasteiger partial charge in [0.25, 0.3) is 0 Å². The smallest absolute Gasteiger partial charge is 0.224 e. The number of nitrogens with two attached hydrogens (primary N) is 1. The van der Waals surface area contributed by atoms with Gasteiger partial charge in [0.1, 0.15) is 5.75 Å². The van der Waals surface area contributed by atoms with E-state index in [4.69, 9.17) is 10.5 Å². The van der Waals surface area contributed by atoms with Crippen LogP contribution in [0.2, 0.25) is 0 Å². The third-order valence-corrected chi connectivity index (χ3v) is 5.11. The molecule has 2 aromatic carbocycles. The van der Waals surface area contributed by atoms with Gasteiger partial charge in [-0.05, 0) is 36.6 Å². The lowest BCUT2D eigenvalue weighted by atomic mass is 9.98. The Balaban J connectivity index is 1.98. The molecular formula is C23H33N3O3. The minimum absolute atomic E-state index is 0.146. The van der Waals surface area contributed by atoms with Gasteiger partial charge in [-0.25, -0.2) is 0 Å². The molecule has 6 heteroatoms. The van der Waals surface area contributed by atoms with Gasteiger partial charge < -0.3 is 26.2 Å². The molecule has 6 nitrogen and oxygen atoms in total. The molecule has 158 valence electrons. The van der Waals surface area contributed by atoms with Crippen molar-refractivity contribution >= 4 is 5.91 Å². The summed E-state index contributed by atoms with van der Waals surface area (Å²) in [5, 5.41) is 17.0. The van der Waals surface area contributed by atoms with Crippen molar-refractivity contribution in [2.24, 2.45) is 11.7 Å². The number of ether oxygens (including phenoxy) is 1. The van der Waals surface area contributed by atoms with E-state index in [0.717, 1.165) is 16.9 Å². The van der Waals surface area contributed by atoms with Crippen molar-refractivity contribution in [3.63, 3.8) is 0 Å². The third kappa shape index (κ3) is 7.49. The van der Waals surface area contributed by atoms with E-state index in [0.29, 0.717) is 19.5 Å². The highest BCUT2D eigenvalue weighted by Gasteiger charge is 2.25. The molecule has 0 fully saturated rings. The zero-order chi connectivity index (χ0) is 21.2. The second kappa shape index (κ2) is 11.6. The van der Waals surface area contributed by atoms with Crippen LogP contribution in [-0.4, -0.2) is 42.9 Å². The normalized spacial score (nSPS) is 15.2. The maximum absolute atomic E-state index is 12.5. The topological polar surface area (TPSA) is 96.6 Å². The lowest BCUT2D eigenvalue weighted by molar-refractivity contribution is -0.126. The first-order chi connectivity index (χ1) is 13.9. The first kappa shape index (κ1) is 22.9. The maximum Gasteiger partial charge on any atom is 0.224 e. The van der Waals surface area contributed by atoms with Crippen LogP contribution >= 0.6 is 0 Å². The lowest BCUT2D eigenvalue weighted by Gasteiger charge is -2.27. The molecule has 0 saturated carbocycles. The molecule has 1 amide bonds. The molecule has 0 spiro atoms. The minimum Gasteiger partial charge on any atom is -0.497 e. The summed E-state index contributed by atoms with van der Waals surface area (Å²) >= 11 is 0. The van der Waals surface area contributed by atoms with E-state index >= 15 is 0 Å². The van der Waals surface area contributed by atoms with Crippen molar-refractivity contribution in [1.29, 1.82) is 0 Å². The van der Waals surface area contributed by atoms with E-state index in [1.165, 1.54) is 0 Å². The summed E-state index contributed by atoms with van der Waals surface area (Å²) in [6.07, 6.45) is -0.203.